The van der Waals surface area contributed by atoms with Gasteiger partial charge in [-0.3, -0.25) is 0 Å². The molecule has 1 aromatic carbocycles. The number of hydrogen-bond donors (Lipinski definition) is 1. The minimum atomic E-state index is -0.395. The highest BCUT2D eigenvalue weighted by molar-refractivity contribution is 5.27. The van der Waals surface area contributed by atoms with Crippen molar-refractivity contribution in [3.8, 4) is 5.75 Å². The van der Waals surface area contributed by atoms with Crippen molar-refractivity contribution in [1.82, 2.24) is 4.90 Å². The number of aliphatic hydroxyl groups is 1. The molecule has 0 aromatic heterocycles. The molecule has 1 heterocycles. The van der Waals surface area contributed by atoms with Gasteiger partial charge in [0.1, 0.15) is 18.5 Å². The standard InChI is InChI=1S/C16H25NO2/c1-2-5-14-6-8-16(9-7-14)19-13-15(18)12-17-10-3-4-11-17/h6-9,15,18H,2-5,10-13H2,1H3/t15-/m1/s1. The molecule has 19 heavy (non-hydrogen) atoms. The van der Waals surface area contributed by atoms with Crippen LogP contribution in [0.4, 0.5) is 0 Å². The summed E-state index contributed by atoms with van der Waals surface area (Å²) in [5.74, 6) is 0.848. The van der Waals surface area contributed by atoms with Gasteiger partial charge < -0.3 is 14.7 Å². The maximum Gasteiger partial charge on any atom is 0.119 e. The highest BCUT2D eigenvalue weighted by Crippen LogP contribution is 2.14. The predicted octanol–water partition coefficient (Wildman–Crippen LogP) is 2.47. The zero-order valence-electron chi connectivity index (χ0n) is 11.8. The quantitative estimate of drug-likeness (QED) is 0.820. The molecule has 0 spiro atoms. The molecule has 1 atom stereocenters. The summed E-state index contributed by atoms with van der Waals surface area (Å²) in [6.07, 6.45) is 4.39. The first-order valence-corrected chi connectivity index (χ1v) is 7.40. The lowest BCUT2D eigenvalue weighted by molar-refractivity contribution is 0.0758. The molecular formula is C16H25NO2. The topological polar surface area (TPSA) is 32.7 Å². The Balaban J connectivity index is 1.71. The van der Waals surface area contributed by atoms with Gasteiger partial charge in [-0.05, 0) is 50.0 Å². The summed E-state index contributed by atoms with van der Waals surface area (Å²) >= 11 is 0. The van der Waals surface area contributed by atoms with Crippen LogP contribution in [0.2, 0.25) is 0 Å². The Morgan fingerprint density at radius 3 is 2.53 bits per heavy atom. The van der Waals surface area contributed by atoms with E-state index in [4.69, 9.17) is 4.74 Å². The summed E-state index contributed by atoms with van der Waals surface area (Å²) in [5, 5.41) is 9.94. The Bertz CT molecular complexity index is 358. The fourth-order valence-electron chi connectivity index (χ4n) is 2.55. The average molecular weight is 263 g/mol. The molecule has 1 N–H and O–H groups in total. The van der Waals surface area contributed by atoms with E-state index in [9.17, 15) is 5.11 Å². The van der Waals surface area contributed by atoms with Crippen molar-refractivity contribution < 1.29 is 9.84 Å². The van der Waals surface area contributed by atoms with Crippen LogP contribution in [0.15, 0.2) is 24.3 Å². The van der Waals surface area contributed by atoms with Crippen LogP contribution in [0.1, 0.15) is 31.7 Å². The van der Waals surface area contributed by atoms with Crippen LogP contribution in [-0.4, -0.2) is 42.4 Å². The van der Waals surface area contributed by atoms with Crippen molar-refractivity contribution in [2.24, 2.45) is 0 Å². The van der Waals surface area contributed by atoms with E-state index in [1.807, 2.05) is 12.1 Å². The molecule has 0 bridgehead atoms. The third-order valence-corrected chi connectivity index (χ3v) is 3.57. The molecular weight excluding hydrogens is 238 g/mol. The van der Waals surface area contributed by atoms with Gasteiger partial charge in [0.25, 0.3) is 0 Å². The van der Waals surface area contributed by atoms with Crippen molar-refractivity contribution in [2.75, 3.05) is 26.2 Å². The van der Waals surface area contributed by atoms with Crippen LogP contribution < -0.4 is 4.74 Å². The number of aryl methyl sites for hydroxylation is 1. The number of ether oxygens (including phenoxy) is 1. The number of β-amino-alcohol motifs (C(OH)–C–C–N with tert-alkyl or cyclic N) is 1. The lowest BCUT2D eigenvalue weighted by atomic mass is 10.1. The zero-order chi connectivity index (χ0) is 13.5. The highest BCUT2D eigenvalue weighted by Gasteiger charge is 2.15. The number of nitrogens with zero attached hydrogens (tertiary/aromatic N) is 1. The number of aliphatic hydroxyl groups excluding tert-OH is 1. The summed E-state index contributed by atoms with van der Waals surface area (Å²) < 4.78 is 5.63. The van der Waals surface area contributed by atoms with Gasteiger partial charge in [0.2, 0.25) is 0 Å². The average Bonchev–Trinajstić information content (AvgIpc) is 2.91. The lowest BCUT2D eigenvalue weighted by Gasteiger charge is -2.19. The minimum absolute atomic E-state index is 0.379. The van der Waals surface area contributed by atoms with E-state index in [2.05, 4.69) is 24.0 Å². The Morgan fingerprint density at radius 2 is 1.89 bits per heavy atom. The van der Waals surface area contributed by atoms with Gasteiger partial charge in [0.05, 0.1) is 0 Å². The predicted molar refractivity (Wildman–Crippen MR) is 77.6 cm³/mol. The second-order valence-electron chi connectivity index (χ2n) is 5.37. The second-order valence-corrected chi connectivity index (χ2v) is 5.37. The monoisotopic (exact) mass is 263 g/mol. The molecule has 3 nitrogen and oxygen atoms in total. The van der Waals surface area contributed by atoms with Crippen molar-refractivity contribution in [3.63, 3.8) is 0 Å². The van der Waals surface area contributed by atoms with Crippen LogP contribution in [0.5, 0.6) is 5.75 Å². The van der Waals surface area contributed by atoms with Crippen molar-refractivity contribution >= 4 is 0 Å². The molecule has 0 amide bonds. The van der Waals surface area contributed by atoms with Crippen molar-refractivity contribution in [2.45, 2.75) is 38.7 Å². The molecule has 3 heteroatoms. The molecule has 1 aliphatic heterocycles. The maximum atomic E-state index is 9.94. The van der Waals surface area contributed by atoms with E-state index < -0.39 is 6.10 Å². The van der Waals surface area contributed by atoms with E-state index >= 15 is 0 Å². The zero-order valence-corrected chi connectivity index (χ0v) is 11.8. The third-order valence-electron chi connectivity index (χ3n) is 3.57. The number of hydrogen-bond acceptors (Lipinski definition) is 3. The summed E-state index contributed by atoms with van der Waals surface area (Å²) in [5.41, 5.74) is 1.34. The lowest BCUT2D eigenvalue weighted by Crippen LogP contribution is -2.33. The number of benzene rings is 1. The molecule has 0 aliphatic carbocycles. The molecule has 1 aromatic rings. The molecule has 2 rings (SSSR count). The molecule has 1 saturated heterocycles. The molecule has 0 saturated carbocycles. The number of likely N-dealkylation sites (tertiary alicyclic amines) is 1. The van der Waals surface area contributed by atoms with Gasteiger partial charge in [0.15, 0.2) is 0 Å². The first kappa shape index (κ1) is 14.4. The molecule has 106 valence electrons. The van der Waals surface area contributed by atoms with Crippen LogP contribution in [-0.2, 0) is 6.42 Å². The molecule has 0 unspecified atom stereocenters. The smallest absolute Gasteiger partial charge is 0.119 e. The van der Waals surface area contributed by atoms with Gasteiger partial charge in [-0.1, -0.05) is 25.5 Å². The Morgan fingerprint density at radius 1 is 1.21 bits per heavy atom. The third kappa shape index (κ3) is 4.84. The normalized spacial score (nSPS) is 17.6. The summed E-state index contributed by atoms with van der Waals surface area (Å²) in [6, 6.07) is 8.19. The van der Waals surface area contributed by atoms with E-state index in [1.165, 1.54) is 18.4 Å². The SMILES string of the molecule is CCCc1ccc(OC[C@H](O)CN2CCCC2)cc1. The first-order chi connectivity index (χ1) is 9.28. The Hall–Kier alpha value is -1.06. The van der Waals surface area contributed by atoms with Crippen LogP contribution in [0, 0.1) is 0 Å². The van der Waals surface area contributed by atoms with Crippen LogP contribution in [0.3, 0.4) is 0 Å². The minimum Gasteiger partial charge on any atom is -0.491 e. The summed E-state index contributed by atoms with van der Waals surface area (Å²) in [7, 11) is 0. The van der Waals surface area contributed by atoms with E-state index in [0.717, 1.165) is 38.2 Å². The van der Waals surface area contributed by atoms with Crippen molar-refractivity contribution in [1.29, 1.82) is 0 Å². The maximum absolute atomic E-state index is 9.94. The summed E-state index contributed by atoms with van der Waals surface area (Å²) in [4.78, 5) is 2.30. The van der Waals surface area contributed by atoms with Crippen molar-refractivity contribution in [3.05, 3.63) is 29.8 Å². The molecule has 1 fully saturated rings. The number of rotatable bonds is 7. The van der Waals surface area contributed by atoms with Gasteiger partial charge in [-0.2, -0.15) is 0 Å². The molecule has 1 aliphatic rings. The van der Waals surface area contributed by atoms with Crippen LogP contribution >= 0.6 is 0 Å². The fourth-order valence-corrected chi connectivity index (χ4v) is 2.55. The van der Waals surface area contributed by atoms with Gasteiger partial charge in [-0.25, -0.2) is 0 Å². The Kier molecular flexibility index (Phi) is 5.67. The van der Waals surface area contributed by atoms with Gasteiger partial charge in [-0.15, -0.1) is 0 Å². The van der Waals surface area contributed by atoms with E-state index in [1.54, 1.807) is 0 Å². The second kappa shape index (κ2) is 7.51. The summed E-state index contributed by atoms with van der Waals surface area (Å²) in [6.45, 7) is 5.52. The van der Waals surface area contributed by atoms with E-state index in [-0.39, 0.29) is 0 Å². The van der Waals surface area contributed by atoms with E-state index in [0.29, 0.717) is 6.61 Å². The highest BCUT2D eigenvalue weighted by atomic mass is 16.5. The largest absolute Gasteiger partial charge is 0.491 e. The van der Waals surface area contributed by atoms with Gasteiger partial charge in [0, 0.05) is 6.54 Å². The fraction of sp³-hybridized carbons (Fsp3) is 0.625. The Labute approximate surface area is 116 Å². The molecule has 0 radical (unpaired) electrons. The van der Waals surface area contributed by atoms with Crippen LogP contribution in [0.25, 0.3) is 0 Å². The van der Waals surface area contributed by atoms with Gasteiger partial charge >= 0.3 is 0 Å². The first-order valence-electron chi connectivity index (χ1n) is 7.40.